The van der Waals surface area contributed by atoms with Crippen molar-refractivity contribution in [1.82, 2.24) is 0 Å². The average Bonchev–Trinajstić information content (AvgIpc) is 2.38. The molecule has 1 N–H and O–H groups in total. The topological polar surface area (TPSA) is 55.8 Å². The van der Waals surface area contributed by atoms with Crippen LogP contribution in [-0.4, -0.2) is 30.7 Å². The van der Waals surface area contributed by atoms with E-state index in [0.29, 0.717) is 5.56 Å². The fourth-order valence-corrected chi connectivity index (χ4v) is 1.57. The molecular weight excluding hydrogens is 258 g/mol. The molecule has 1 unspecified atom stereocenters. The minimum absolute atomic E-state index is 0.0624. The summed E-state index contributed by atoms with van der Waals surface area (Å²) in [6.45, 7) is 1.47. The van der Waals surface area contributed by atoms with Gasteiger partial charge in [0.25, 0.3) is 0 Å². The van der Waals surface area contributed by atoms with E-state index in [1.54, 1.807) is 6.07 Å². The van der Waals surface area contributed by atoms with E-state index in [4.69, 9.17) is 4.74 Å². The summed E-state index contributed by atoms with van der Waals surface area (Å²) in [5, 5.41) is 9.65. The molecule has 4 nitrogen and oxygen atoms in total. The molecule has 0 bridgehead atoms. The van der Waals surface area contributed by atoms with E-state index in [1.165, 1.54) is 32.2 Å². The summed E-state index contributed by atoms with van der Waals surface area (Å²) in [6.07, 6.45) is -2.25. The normalized spacial score (nSPS) is 13.1. The summed E-state index contributed by atoms with van der Waals surface area (Å²) in [4.78, 5) is 11.1. The largest absolute Gasteiger partial charge is 0.461 e. The lowest BCUT2D eigenvalue weighted by Gasteiger charge is -2.21. The van der Waals surface area contributed by atoms with Gasteiger partial charge in [0.1, 0.15) is 0 Å². The number of benzene rings is 1. The summed E-state index contributed by atoms with van der Waals surface area (Å²) in [5.74, 6) is -5.72. The van der Waals surface area contributed by atoms with Crippen LogP contribution in [0.2, 0.25) is 0 Å². The zero-order valence-corrected chi connectivity index (χ0v) is 10.7. The predicted molar refractivity (Wildman–Crippen MR) is 63.7 cm³/mol. The van der Waals surface area contributed by atoms with Gasteiger partial charge in [0.2, 0.25) is 0 Å². The highest BCUT2D eigenvalue weighted by Crippen LogP contribution is 2.32. The van der Waals surface area contributed by atoms with Crippen molar-refractivity contribution >= 4 is 5.97 Å². The third-order valence-electron chi connectivity index (χ3n) is 2.47. The molecule has 0 saturated carbocycles. The molecule has 0 heterocycles. The van der Waals surface area contributed by atoms with Crippen LogP contribution in [0.25, 0.3) is 0 Å². The number of rotatable bonds is 6. The predicted octanol–water partition coefficient (Wildman–Crippen LogP) is 2.06. The number of methoxy groups -OCH3 is 1. The van der Waals surface area contributed by atoms with Gasteiger partial charge in [-0.15, -0.1) is 0 Å². The molecule has 106 valence electrons. The zero-order valence-electron chi connectivity index (χ0n) is 10.7. The average molecular weight is 274 g/mol. The van der Waals surface area contributed by atoms with Crippen LogP contribution in [0, 0.1) is 0 Å². The van der Waals surface area contributed by atoms with Crippen molar-refractivity contribution in [1.29, 1.82) is 0 Å². The number of esters is 1. The zero-order chi connectivity index (χ0) is 14.5. The molecule has 0 aliphatic carbocycles. The summed E-state index contributed by atoms with van der Waals surface area (Å²) >= 11 is 0. The maximum atomic E-state index is 13.6. The van der Waals surface area contributed by atoms with Crippen LogP contribution in [-0.2, 0) is 20.9 Å². The SMILES string of the molecule is CCOC(=O)C(F)(F)C(O)c1cccc(COC)c1. The molecule has 0 radical (unpaired) electrons. The quantitative estimate of drug-likeness (QED) is 0.807. The van der Waals surface area contributed by atoms with Gasteiger partial charge in [-0.2, -0.15) is 8.78 Å². The number of halogens is 2. The van der Waals surface area contributed by atoms with Crippen molar-refractivity contribution in [3.63, 3.8) is 0 Å². The maximum absolute atomic E-state index is 13.6. The summed E-state index contributed by atoms with van der Waals surface area (Å²) in [6, 6.07) is 5.86. The number of hydrogen-bond donors (Lipinski definition) is 1. The molecule has 1 aromatic rings. The van der Waals surface area contributed by atoms with Crippen LogP contribution in [0.1, 0.15) is 24.2 Å². The van der Waals surface area contributed by atoms with Gasteiger partial charge < -0.3 is 14.6 Å². The Hall–Kier alpha value is -1.53. The smallest absolute Gasteiger partial charge is 0.380 e. The number of ether oxygens (including phenoxy) is 2. The molecule has 0 amide bonds. The minimum Gasteiger partial charge on any atom is -0.461 e. The number of hydrogen-bond acceptors (Lipinski definition) is 4. The molecular formula is C13H16F2O4. The van der Waals surface area contributed by atoms with E-state index in [1.807, 2.05) is 0 Å². The molecule has 0 aliphatic rings. The van der Waals surface area contributed by atoms with Gasteiger partial charge in [-0.1, -0.05) is 24.3 Å². The van der Waals surface area contributed by atoms with Crippen LogP contribution in [0.4, 0.5) is 8.78 Å². The Morgan fingerprint density at radius 3 is 2.74 bits per heavy atom. The molecule has 0 aromatic heterocycles. The number of carbonyl (C=O) groups excluding carboxylic acids is 1. The van der Waals surface area contributed by atoms with E-state index in [-0.39, 0.29) is 18.8 Å². The molecule has 19 heavy (non-hydrogen) atoms. The second-order valence-electron chi connectivity index (χ2n) is 3.92. The highest BCUT2D eigenvalue weighted by atomic mass is 19.3. The Morgan fingerprint density at radius 1 is 1.47 bits per heavy atom. The van der Waals surface area contributed by atoms with Gasteiger partial charge in [0.15, 0.2) is 6.10 Å². The van der Waals surface area contributed by atoms with Crippen molar-refractivity contribution in [2.45, 2.75) is 25.6 Å². The fourth-order valence-electron chi connectivity index (χ4n) is 1.57. The van der Waals surface area contributed by atoms with Crippen molar-refractivity contribution in [3.05, 3.63) is 35.4 Å². The highest BCUT2D eigenvalue weighted by molar-refractivity contribution is 5.78. The fraction of sp³-hybridized carbons (Fsp3) is 0.462. The highest BCUT2D eigenvalue weighted by Gasteiger charge is 2.49. The monoisotopic (exact) mass is 274 g/mol. The van der Waals surface area contributed by atoms with Crippen molar-refractivity contribution in [3.8, 4) is 0 Å². The van der Waals surface area contributed by atoms with Crippen molar-refractivity contribution in [2.75, 3.05) is 13.7 Å². The van der Waals surface area contributed by atoms with Crippen LogP contribution >= 0.6 is 0 Å². The standard InChI is InChI=1S/C13H16F2O4/c1-3-19-12(17)13(14,15)11(16)10-6-4-5-9(7-10)8-18-2/h4-7,11,16H,3,8H2,1-2H3. The van der Waals surface area contributed by atoms with Gasteiger partial charge in [-0.3, -0.25) is 0 Å². The van der Waals surface area contributed by atoms with Crippen molar-refractivity contribution in [2.24, 2.45) is 0 Å². The summed E-state index contributed by atoms with van der Waals surface area (Å²) in [7, 11) is 1.47. The Labute approximate surface area is 109 Å². The van der Waals surface area contributed by atoms with E-state index < -0.39 is 18.0 Å². The van der Waals surface area contributed by atoms with E-state index in [2.05, 4.69) is 4.74 Å². The number of aliphatic hydroxyl groups excluding tert-OH is 1. The minimum atomic E-state index is -3.98. The number of alkyl halides is 2. The molecule has 0 fully saturated rings. The number of carbonyl (C=O) groups is 1. The second kappa shape index (κ2) is 6.58. The van der Waals surface area contributed by atoms with Crippen LogP contribution in [0.3, 0.4) is 0 Å². The Morgan fingerprint density at radius 2 is 2.16 bits per heavy atom. The van der Waals surface area contributed by atoms with E-state index in [0.717, 1.165) is 0 Å². The van der Waals surface area contributed by atoms with E-state index >= 15 is 0 Å². The Kier molecular flexibility index (Phi) is 5.38. The third kappa shape index (κ3) is 3.71. The molecule has 1 aromatic carbocycles. The molecule has 6 heteroatoms. The summed E-state index contributed by atoms with van der Waals surface area (Å²) < 4.78 is 36.4. The lowest BCUT2D eigenvalue weighted by Crippen LogP contribution is -2.37. The van der Waals surface area contributed by atoms with Crippen LogP contribution in [0.15, 0.2) is 24.3 Å². The third-order valence-corrected chi connectivity index (χ3v) is 2.47. The van der Waals surface area contributed by atoms with Gasteiger partial charge in [-0.05, 0) is 18.1 Å². The Bertz CT molecular complexity index is 434. The van der Waals surface area contributed by atoms with Gasteiger partial charge in [-0.25, -0.2) is 4.79 Å². The first-order chi connectivity index (χ1) is 8.93. The first-order valence-corrected chi connectivity index (χ1v) is 5.74. The van der Waals surface area contributed by atoms with Gasteiger partial charge in [0, 0.05) is 7.11 Å². The summed E-state index contributed by atoms with van der Waals surface area (Å²) in [5.41, 5.74) is 0.561. The number of aliphatic hydroxyl groups is 1. The lowest BCUT2D eigenvalue weighted by atomic mass is 10.0. The molecule has 0 spiro atoms. The molecule has 1 rings (SSSR count). The van der Waals surface area contributed by atoms with E-state index in [9.17, 15) is 18.7 Å². The van der Waals surface area contributed by atoms with Gasteiger partial charge in [0.05, 0.1) is 13.2 Å². The first-order valence-electron chi connectivity index (χ1n) is 5.74. The Balaban J connectivity index is 2.95. The molecule has 0 aliphatic heterocycles. The maximum Gasteiger partial charge on any atom is 0.380 e. The van der Waals surface area contributed by atoms with Crippen LogP contribution < -0.4 is 0 Å². The van der Waals surface area contributed by atoms with Gasteiger partial charge >= 0.3 is 11.9 Å². The second-order valence-corrected chi connectivity index (χ2v) is 3.92. The molecule has 1 atom stereocenters. The molecule has 0 saturated heterocycles. The van der Waals surface area contributed by atoms with Crippen molar-refractivity contribution < 1.29 is 28.2 Å². The van der Waals surface area contributed by atoms with Crippen LogP contribution in [0.5, 0.6) is 0 Å². The lowest BCUT2D eigenvalue weighted by molar-refractivity contribution is -0.189. The first kappa shape index (κ1) is 15.5.